The standard InChI is InChI=1S/C19H27NO/c1-4-5-6-7-8-9-10-19(21)17-14-20(3)18-13-15(2)11-12-16(17)18/h11-14H,4-10H2,1-3H3. The molecule has 1 heterocycles. The number of unbranched alkanes of at least 4 members (excludes halogenated alkanes) is 5. The third kappa shape index (κ3) is 3.96. The van der Waals surface area contributed by atoms with Crippen LogP contribution in [0.4, 0.5) is 0 Å². The monoisotopic (exact) mass is 285 g/mol. The van der Waals surface area contributed by atoms with Crippen LogP contribution in [0.15, 0.2) is 24.4 Å². The Labute approximate surface area is 128 Å². The van der Waals surface area contributed by atoms with Gasteiger partial charge < -0.3 is 4.57 Å². The van der Waals surface area contributed by atoms with Crippen LogP contribution in [0.5, 0.6) is 0 Å². The first-order valence-electron chi connectivity index (χ1n) is 8.22. The molecule has 2 nitrogen and oxygen atoms in total. The van der Waals surface area contributed by atoms with Crippen molar-refractivity contribution in [3.05, 3.63) is 35.5 Å². The molecule has 0 aliphatic carbocycles. The number of nitrogens with zero attached hydrogens (tertiary/aromatic N) is 1. The van der Waals surface area contributed by atoms with E-state index in [1.54, 1.807) is 0 Å². The molecule has 0 radical (unpaired) electrons. The Kier molecular flexibility index (Phi) is 5.60. The summed E-state index contributed by atoms with van der Waals surface area (Å²) in [6.45, 7) is 4.32. The summed E-state index contributed by atoms with van der Waals surface area (Å²) in [7, 11) is 2.02. The van der Waals surface area contributed by atoms with Crippen molar-refractivity contribution in [1.82, 2.24) is 4.57 Å². The van der Waals surface area contributed by atoms with Gasteiger partial charge in [-0.3, -0.25) is 4.79 Å². The third-order valence-electron chi connectivity index (χ3n) is 4.20. The van der Waals surface area contributed by atoms with E-state index in [9.17, 15) is 4.79 Å². The lowest BCUT2D eigenvalue weighted by molar-refractivity contribution is 0.0980. The predicted octanol–water partition coefficient (Wildman–Crippen LogP) is 5.42. The van der Waals surface area contributed by atoms with E-state index in [0.29, 0.717) is 12.2 Å². The zero-order valence-electron chi connectivity index (χ0n) is 13.6. The second-order valence-corrected chi connectivity index (χ2v) is 6.12. The Morgan fingerprint density at radius 2 is 1.81 bits per heavy atom. The molecule has 2 heteroatoms. The van der Waals surface area contributed by atoms with Gasteiger partial charge in [-0.1, -0.05) is 51.2 Å². The van der Waals surface area contributed by atoms with Crippen molar-refractivity contribution in [2.75, 3.05) is 0 Å². The fraction of sp³-hybridized carbons (Fsp3) is 0.526. The highest BCUT2D eigenvalue weighted by Crippen LogP contribution is 2.23. The van der Waals surface area contributed by atoms with Crippen LogP contribution < -0.4 is 0 Å². The minimum absolute atomic E-state index is 0.292. The number of benzene rings is 1. The van der Waals surface area contributed by atoms with Crippen LogP contribution in [-0.4, -0.2) is 10.4 Å². The molecule has 0 saturated heterocycles. The first-order chi connectivity index (χ1) is 10.1. The lowest BCUT2D eigenvalue weighted by Gasteiger charge is -2.01. The van der Waals surface area contributed by atoms with Crippen LogP contribution in [0.2, 0.25) is 0 Å². The number of aromatic nitrogens is 1. The Morgan fingerprint density at radius 1 is 1.10 bits per heavy atom. The van der Waals surface area contributed by atoms with Gasteiger partial charge in [-0.2, -0.15) is 0 Å². The van der Waals surface area contributed by atoms with Crippen molar-refractivity contribution in [2.45, 2.75) is 58.8 Å². The number of hydrogen-bond donors (Lipinski definition) is 0. The van der Waals surface area contributed by atoms with Gasteiger partial charge in [0.25, 0.3) is 0 Å². The second kappa shape index (κ2) is 7.44. The van der Waals surface area contributed by atoms with Crippen LogP contribution in [0, 0.1) is 6.92 Å². The van der Waals surface area contributed by atoms with E-state index in [2.05, 4.69) is 36.6 Å². The topological polar surface area (TPSA) is 22.0 Å². The van der Waals surface area contributed by atoms with E-state index in [-0.39, 0.29) is 0 Å². The van der Waals surface area contributed by atoms with Crippen molar-refractivity contribution in [3.8, 4) is 0 Å². The summed E-state index contributed by atoms with van der Waals surface area (Å²) in [5, 5.41) is 1.10. The molecule has 0 unspecified atom stereocenters. The molecule has 0 aliphatic rings. The Bertz CT molecular complexity index is 609. The maximum atomic E-state index is 12.4. The number of fused-ring (bicyclic) bond motifs is 1. The number of hydrogen-bond acceptors (Lipinski definition) is 1. The van der Waals surface area contributed by atoms with Crippen molar-refractivity contribution in [3.63, 3.8) is 0 Å². The maximum Gasteiger partial charge on any atom is 0.165 e. The van der Waals surface area contributed by atoms with Crippen molar-refractivity contribution in [1.29, 1.82) is 0 Å². The van der Waals surface area contributed by atoms with Gasteiger partial charge in [-0.25, -0.2) is 0 Å². The molecule has 114 valence electrons. The molecular formula is C19H27NO. The van der Waals surface area contributed by atoms with E-state index in [1.807, 2.05) is 13.2 Å². The molecule has 2 rings (SSSR count). The Morgan fingerprint density at radius 3 is 2.57 bits per heavy atom. The van der Waals surface area contributed by atoms with Gasteiger partial charge >= 0.3 is 0 Å². The summed E-state index contributed by atoms with van der Waals surface area (Å²) in [4.78, 5) is 12.4. The van der Waals surface area contributed by atoms with E-state index in [1.165, 1.54) is 37.7 Å². The summed E-state index contributed by atoms with van der Waals surface area (Å²) in [5.74, 6) is 0.292. The number of ketones is 1. The minimum Gasteiger partial charge on any atom is -0.350 e. The zero-order valence-corrected chi connectivity index (χ0v) is 13.6. The average molecular weight is 285 g/mol. The van der Waals surface area contributed by atoms with Gasteiger partial charge in [0.1, 0.15) is 0 Å². The molecule has 0 atom stereocenters. The smallest absolute Gasteiger partial charge is 0.165 e. The molecule has 0 spiro atoms. The Hall–Kier alpha value is -1.57. The van der Waals surface area contributed by atoms with Crippen molar-refractivity contribution >= 4 is 16.7 Å². The van der Waals surface area contributed by atoms with Crippen LogP contribution in [0.25, 0.3) is 10.9 Å². The highest BCUT2D eigenvalue weighted by atomic mass is 16.1. The molecule has 1 aromatic carbocycles. The molecule has 0 aliphatic heterocycles. The highest BCUT2D eigenvalue weighted by molar-refractivity contribution is 6.08. The summed E-state index contributed by atoms with van der Waals surface area (Å²) in [5.41, 5.74) is 3.28. The summed E-state index contributed by atoms with van der Waals surface area (Å²) < 4.78 is 2.07. The number of aryl methyl sites for hydroxylation is 2. The van der Waals surface area contributed by atoms with E-state index >= 15 is 0 Å². The van der Waals surface area contributed by atoms with E-state index in [0.717, 1.165) is 22.9 Å². The molecule has 0 saturated carbocycles. The van der Waals surface area contributed by atoms with Gasteiger partial charge in [0.05, 0.1) is 0 Å². The third-order valence-corrected chi connectivity index (χ3v) is 4.20. The van der Waals surface area contributed by atoms with Crippen molar-refractivity contribution < 1.29 is 4.79 Å². The second-order valence-electron chi connectivity index (χ2n) is 6.12. The zero-order chi connectivity index (χ0) is 15.2. The van der Waals surface area contributed by atoms with Crippen LogP contribution >= 0.6 is 0 Å². The van der Waals surface area contributed by atoms with Gasteiger partial charge in [-0.05, 0) is 25.0 Å². The lowest BCUT2D eigenvalue weighted by Crippen LogP contribution is -1.98. The van der Waals surface area contributed by atoms with Crippen molar-refractivity contribution in [2.24, 2.45) is 7.05 Å². The van der Waals surface area contributed by atoms with Crippen LogP contribution in [0.1, 0.15) is 67.8 Å². The number of Topliss-reactive ketones (excluding diaryl/α,β-unsaturated/α-hetero) is 1. The van der Waals surface area contributed by atoms with Gasteiger partial charge in [0.2, 0.25) is 0 Å². The lowest BCUT2D eigenvalue weighted by atomic mass is 10.0. The quantitative estimate of drug-likeness (QED) is 0.469. The SMILES string of the molecule is CCCCCCCCC(=O)c1cn(C)c2cc(C)ccc12. The fourth-order valence-corrected chi connectivity index (χ4v) is 2.92. The molecular weight excluding hydrogens is 258 g/mol. The van der Waals surface area contributed by atoms with Gasteiger partial charge in [0.15, 0.2) is 5.78 Å². The number of rotatable bonds is 8. The first-order valence-corrected chi connectivity index (χ1v) is 8.22. The first kappa shape index (κ1) is 15.8. The molecule has 21 heavy (non-hydrogen) atoms. The summed E-state index contributed by atoms with van der Waals surface area (Å²) >= 11 is 0. The van der Waals surface area contributed by atoms with Crippen LogP contribution in [-0.2, 0) is 7.05 Å². The normalized spacial score (nSPS) is 11.2. The molecule has 2 aromatic rings. The molecule has 0 fully saturated rings. The predicted molar refractivity (Wildman–Crippen MR) is 90.0 cm³/mol. The molecule has 0 amide bonds. The molecule has 0 N–H and O–H groups in total. The summed E-state index contributed by atoms with van der Waals surface area (Å²) in [6.07, 6.45) is 10.0. The summed E-state index contributed by atoms with van der Waals surface area (Å²) in [6, 6.07) is 6.32. The maximum absolute atomic E-state index is 12.4. The van der Waals surface area contributed by atoms with E-state index < -0.39 is 0 Å². The largest absolute Gasteiger partial charge is 0.350 e. The average Bonchev–Trinajstić information content (AvgIpc) is 2.79. The fourth-order valence-electron chi connectivity index (χ4n) is 2.92. The number of carbonyl (C=O) groups excluding carboxylic acids is 1. The Balaban J connectivity index is 1.97. The minimum atomic E-state index is 0.292. The van der Waals surface area contributed by atoms with Gasteiger partial charge in [-0.15, -0.1) is 0 Å². The van der Waals surface area contributed by atoms with Crippen LogP contribution in [0.3, 0.4) is 0 Å². The van der Waals surface area contributed by atoms with Gasteiger partial charge in [0, 0.05) is 36.1 Å². The highest BCUT2D eigenvalue weighted by Gasteiger charge is 2.13. The molecule has 1 aromatic heterocycles. The van der Waals surface area contributed by atoms with E-state index in [4.69, 9.17) is 0 Å². The number of carbonyl (C=O) groups is 1. The molecule has 0 bridgehead atoms.